The normalized spacial score (nSPS) is 12.8. The van der Waals surface area contributed by atoms with Gasteiger partial charge in [-0.3, -0.25) is 19.1 Å². The van der Waals surface area contributed by atoms with Gasteiger partial charge in [0.2, 0.25) is 5.91 Å². The van der Waals surface area contributed by atoms with Gasteiger partial charge in [0.25, 0.3) is 5.56 Å². The van der Waals surface area contributed by atoms with Gasteiger partial charge in [0.15, 0.2) is 11.6 Å². The fraction of sp³-hybridized carbons (Fsp3) is 0.143. The standard InChI is InChI=1S/C21H16F2N4O3S/c22-16-2-1-13(7-17(16)23)10-27-20(29)15-8-14(11-31-19(15)26-21(27)30)18(28)25-9-12-3-5-24-6-4-12/h1-8H,9-11H2,(H,25,28)(H,26,30). The fourth-order valence-electron chi connectivity index (χ4n) is 3.07. The Balaban J connectivity index is 1.60. The molecule has 2 N–H and O–H groups in total. The molecule has 0 fully saturated rings. The molecule has 7 nitrogen and oxygen atoms in total. The number of hydrogen-bond donors (Lipinski definition) is 2. The summed E-state index contributed by atoms with van der Waals surface area (Å²) in [5.74, 6) is -2.12. The zero-order chi connectivity index (χ0) is 22.0. The quantitative estimate of drug-likeness (QED) is 0.590. The molecule has 0 radical (unpaired) electrons. The maximum atomic E-state index is 13.5. The van der Waals surface area contributed by atoms with E-state index in [4.69, 9.17) is 0 Å². The van der Waals surface area contributed by atoms with E-state index in [1.54, 1.807) is 24.5 Å². The SMILES string of the molecule is O=C(NCc1ccncc1)C1=Cc2c([nH]c(=O)n(Cc3ccc(F)c(F)c3)c2=O)SC1. The number of nitrogens with zero attached hydrogens (tertiary/aromatic N) is 2. The van der Waals surface area contributed by atoms with E-state index in [9.17, 15) is 23.2 Å². The lowest BCUT2D eigenvalue weighted by molar-refractivity contribution is -0.117. The third-order valence-electron chi connectivity index (χ3n) is 4.70. The highest BCUT2D eigenvalue weighted by atomic mass is 32.2. The number of carbonyl (C=O) groups is 1. The molecule has 0 saturated carbocycles. The third kappa shape index (κ3) is 4.48. The van der Waals surface area contributed by atoms with Crippen molar-refractivity contribution in [3.05, 3.63) is 97.5 Å². The van der Waals surface area contributed by atoms with Crippen molar-refractivity contribution in [3.8, 4) is 0 Å². The molecule has 0 unspecified atom stereocenters. The Morgan fingerprint density at radius 3 is 2.65 bits per heavy atom. The molecule has 0 bridgehead atoms. The number of aromatic amines is 1. The van der Waals surface area contributed by atoms with Crippen molar-refractivity contribution >= 4 is 23.7 Å². The summed E-state index contributed by atoms with van der Waals surface area (Å²) in [6.45, 7) is 0.0723. The molecule has 0 atom stereocenters. The third-order valence-corrected chi connectivity index (χ3v) is 5.76. The van der Waals surface area contributed by atoms with Crippen LogP contribution in [0.25, 0.3) is 6.08 Å². The van der Waals surface area contributed by atoms with Crippen LogP contribution in [0.2, 0.25) is 0 Å². The van der Waals surface area contributed by atoms with E-state index in [2.05, 4.69) is 15.3 Å². The van der Waals surface area contributed by atoms with Crippen molar-refractivity contribution in [2.45, 2.75) is 18.1 Å². The first-order chi connectivity index (χ1) is 14.9. The van der Waals surface area contributed by atoms with Gasteiger partial charge in [0.05, 0.1) is 17.1 Å². The summed E-state index contributed by atoms with van der Waals surface area (Å²) >= 11 is 1.18. The molecule has 3 heterocycles. The van der Waals surface area contributed by atoms with Gasteiger partial charge in [-0.2, -0.15) is 0 Å². The number of carbonyl (C=O) groups excluding carboxylic acids is 1. The summed E-state index contributed by atoms with van der Waals surface area (Å²) < 4.78 is 27.5. The molecule has 3 aromatic rings. The summed E-state index contributed by atoms with van der Waals surface area (Å²) in [5, 5.41) is 3.15. The Morgan fingerprint density at radius 1 is 1.13 bits per heavy atom. The van der Waals surface area contributed by atoms with Crippen LogP contribution >= 0.6 is 11.8 Å². The van der Waals surface area contributed by atoms with Crippen LogP contribution in [0.15, 0.2) is 62.9 Å². The molecule has 4 rings (SSSR count). The second-order valence-corrected chi connectivity index (χ2v) is 7.79. The van der Waals surface area contributed by atoms with E-state index < -0.39 is 22.9 Å². The first kappa shape index (κ1) is 20.7. The molecule has 1 aromatic carbocycles. The average molecular weight is 442 g/mol. The van der Waals surface area contributed by atoms with Crippen LogP contribution in [0, 0.1) is 11.6 Å². The minimum absolute atomic E-state index is 0.174. The van der Waals surface area contributed by atoms with Gasteiger partial charge in [-0.25, -0.2) is 13.6 Å². The number of pyridine rings is 1. The van der Waals surface area contributed by atoms with Crippen LogP contribution in [0.1, 0.15) is 16.7 Å². The van der Waals surface area contributed by atoms with Crippen molar-refractivity contribution in [1.29, 1.82) is 0 Å². The largest absolute Gasteiger partial charge is 0.348 e. The summed E-state index contributed by atoms with van der Waals surface area (Å²) in [7, 11) is 0. The summed E-state index contributed by atoms with van der Waals surface area (Å²) in [6.07, 6.45) is 4.70. The number of rotatable bonds is 5. The van der Waals surface area contributed by atoms with Crippen LogP contribution in [0.5, 0.6) is 0 Å². The minimum atomic E-state index is -1.07. The summed E-state index contributed by atoms with van der Waals surface area (Å²) in [5.41, 5.74) is 0.415. The van der Waals surface area contributed by atoms with E-state index >= 15 is 0 Å². The Labute approximate surface area is 178 Å². The number of fused-ring (bicyclic) bond motifs is 1. The predicted octanol–water partition coefficient (Wildman–Crippen LogP) is 2.06. The number of amides is 1. The molecule has 2 aromatic heterocycles. The van der Waals surface area contributed by atoms with Gasteiger partial charge in [0, 0.05) is 30.3 Å². The van der Waals surface area contributed by atoms with Crippen LogP contribution in [0.3, 0.4) is 0 Å². The van der Waals surface area contributed by atoms with Gasteiger partial charge in [0.1, 0.15) is 0 Å². The van der Waals surface area contributed by atoms with E-state index in [0.29, 0.717) is 17.1 Å². The van der Waals surface area contributed by atoms with Crippen LogP contribution < -0.4 is 16.6 Å². The molecule has 1 aliphatic heterocycles. The molecule has 1 amide bonds. The summed E-state index contributed by atoms with van der Waals surface area (Å²) in [4.78, 5) is 44.4. The number of H-pyrrole nitrogens is 1. The van der Waals surface area contributed by atoms with Gasteiger partial charge in [-0.05, 0) is 41.5 Å². The maximum Gasteiger partial charge on any atom is 0.329 e. The van der Waals surface area contributed by atoms with Crippen LogP contribution in [-0.2, 0) is 17.9 Å². The smallest absolute Gasteiger partial charge is 0.329 e. The first-order valence-electron chi connectivity index (χ1n) is 9.24. The Hall–Kier alpha value is -3.53. The van der Waals surface area contributed by atoms with Crippen LogP contribution in [-0.4, -0.2) is 26.2 Å². The lowest BCUT2D eigenvalue weighted by Gasteiger charge is -2.16. The van der Waals surface area contributed by atoms with Crippen molar-refractivity contribution in [2.24, 2.45) is 0 Å². The molecule has 158 valence electrons. The molecule has 10 heteroatoms. The predicted molar refractivity (Wildman–Crippen MR) is 112 cm³/mol. The maximum absolute atomic E-state index is 13.5. The second kappa shape index (κ2) is 8.68. The van der Waals surface area contributed by atoms with Crippen LogP contribution in [0.4, 0.5) is 8.78 Å². The number of thioether (sulfide) groups is 1. The number of benzene rings is 1. The average Bonchev–Trinajstić information content (AvgIpc) is 2.78. The zero-order valence-electron chi connectivity index (χ0n) is 16.0. The lowest BCUT2D eigenvalue weighted by atomic mass is 10.1. The van der Waals surface area contributed by atoms with Gasteiger partial charge in [-0.1, -0.05) is 6.07 Å². The van der Waals surface area contributed by atoms with E-state index in [0.717, 1.165) is 22.3 Å². The van der Waals surface area contributed by atoms with E-state index in [1.165, 1.54) is 23.9 Å². The monoisotopic (exact) mass is 442 g/mol. The Kier molecular flexibility index (Phi) is 5.81. The Bertz CT molecular complexity index is 1300. The molecule has 0 saturated heterocycles. The highest BCUT2D eigenvalue weighted by Crippen LogP contribution is 2.27. The molecule has 0 aliphatic carbocycles. The van der Waals surface area contributed by atoms with Gasteiger partial charge >= 0.3 is 5.69 Å². The van der Waals surface area contributed by atoms with Crippen molar-refractivity contribution < 1.29 is 13.6 Å². The van der Waals surface area contributed by atoms with Crippen molar-refractivity contribution in [2.75, 3.05) is 5.75 Å². The minimum Gasteiger partial charge on any atom is -0.348 e. The molecule has 31 heavy (non-hydrogen) atoms. The molecular formula is C21H16F2N4O3S. The van der Waals surface area contributed by atoms with Gasteiger partial charge < -0.3 is 10.3 Å². The van der Waals surface area contributed by atoms with Crippen molar-refractivity contribution in [3.63, 3.8) is 0 Å². The number of hydrogen-bond acceptors (Lipinski definition) is 5. The number of nitrogens with one attached hydrogen (secondary N) is 2. The molecule has 0 spiro atoms. The topological polar surface area (TPSA) is 96.8 Å². The number of halogens is 2. The van der Waals surface area contributed by atoms with Crippen molar-refractivity contribution in [1.82, 2.24) is 19.9 Å². The fourth-order valence-corrected chi connectivity index (χ4v) is 4.04. The van der Waals surface area contributed by atoms with E-state index in [1.807, 2.05) is 0 Å². The Morgan fingerprint density at radius 2 is 1.90 bits per heavy atom. The molecule has 1 aliphatic rings. The first-order valence-corrected chi connectivity index (χ1v) is 10.2. The van der Waals surface area contributed by atoms with E-state index in [-0.39, 0.29) is 29.3 Å². The highest BCUT2D eigenvalue weighted by molar-refractivity contribution is 7.99. The second-order valence-electron chi connectivity index (χ2n) is 6.81. The molecular weight excluding hydrogens is 426 g/mol. The summed E-state index contributed by atoms with van der Waals surface area (Å²) in [6, 6.07) is 6.72. The van der Waals surface area contributed by atoms with Gasteiger partial charge in [-0.15, -0.1) is 11.8 Å². The number of aromatic nitrogens is 3. The zero-order valence-corrected chi connectivity index (χ0v) is 16.8. The lowest BCUT2D eigenvalue weighted by Crippen LogP contribution is -2.38. The highest BCUT2D eigenvalue weighted by Gasteiger charge is 2.22.